The van der Waals surface area contributed by atoms with Gasteiger partial charge in [0.15, 0.2) is 0 Å². The van der Waals surface area contributed by atoms with E-state index in [2.05, 4.69) is 15.9 Å². The molecule has 4 nitrogen and oxygen atoms in total. The van der Waals surface area contributed by atoms with Gasteiger partial charge in [0.05, 0.1) is 17.1 Å². The lowest BCUT2D eigenvalue weighted by molar-refractivity contribution is 0.0696. The summed E-state index contributed by atoms with van der Waals surface area (Å²) < 4.78 is 11.4. The zero-order chi connectivity index (χ0) is 14.5. The van der Waals surface area contributed by atoms with Gasteiger partial charge < -0.3 is 14.6 Å². The minimum atomic E-state index is -0.968. The van der Waals surface area contributed by atoms with E-state index in [1.54, 1.807) is 13.2 Å². The third-order valence-corrected chi connectivity index (χ3v) is 3.33. The first-order valence-corrected chi connectivity index (χ1v) is 6.68. The lowest BCUT2D eigenvalue weighted by Gasteiger charge is -2.09. The zero-order valence-corrected chi connectivity index (χ0v) is 12.4. The van der Waals surface area contributed by atoms with Gasteiger partial charge in [-0.05, 0) is 51.8 Å². The van der Waals surface area contributed by atoms with E-state index in [0.29, 0.717) is 16.8 Å². The van der Waals surface area contributed by atoms with Crippen LogP contribution in [-0.4, -0.2) is 18.2 Å². The Morgan fingerprint density at radius 3 is 2.70 bits per heavy atom. The van der Waals surface area contributed by atoms with Crippen molar-refractivity contribution in [3.05, 3.63) is 58.1 Å². The van der Waals surface area contributed by atoms with Crippen LogP contribution in [-0.2, 0) is 6.61 Å². The molecule has 0 unspecified atom stereocenters. The van der Waals surface area contributed by atoms with E-state index in [1.807, 2.05) is 24.3 Å². The normalized spacial score (nSPS) is 10.1. The lowest BCUT2D eigenvalue weighted by Crippen LogP contribution is -1.99. The summed E-state index contributed by atoms with van der Waals surface area (Å²) in [5.74, 6) is 0.397. The highest BCUT2D eigenvalue weighted by molar-refractivity contribution is 9.10. The van der Waals surface area contributed by atoms with Gasteiger partial charge in [-0.15, -0.1) is 0 Å². The average Bonchev–Trinajstić information content (AvgIpc) is 2.46. The van der Waals surface area contributed by atoms with E-state index in [1.165, 1.54) is 12.1 Å². The lowest BCUT2D eigenvalue weighted by atomic mass is 10.2. The molecule has 0 aromatic heterocycles. The number of carboxylic acid groups (broad SMARTS) is 1. The Labute approximate surface area is 125 Å². The summed E-state index contributed by atoms with van der Waals surface area (Å²) in [7, 11) is 1.61. The molecule has 0 saturated heterocycles. The van der Waals surface area contributed by atoms with Crippen molar-refractivity contribution in [2.24, 2.45) is 0 Å². The van der Waals surface area contributed by atoms with Gasteiger partial charge in [-0.25, -0.2) is 4.79 Å². The number of ether oxygens (including phenoxy) is 2. The van der Waals surface area contributed by atoms with E-state index in [4.69, 9.17) is 14.6 Å². The molecule has 0 spiro atoms. The molecule has 0 heterocycles. The molecule has 2 rings (SSSR count). The van der Waals surface area contributed by atoms with E-state index in [-0.39, 0.29) is 5.56 Å². The highest BCUT2D eigenvalue weighted by atomic mass is 79.9. The summed E-state index contributed by atoms with van der Waals surface area (Å²) >= 11 is 3.30. The average molecular weight is 337 g/mol. The second-order valence-corrected chi connectivity index (χ2v) is 4.94. The van der Waals surface area contributed by atoms with Crippen molar-refractivity contribution in [3.8, 4) is 11.5 Å². The second kappa shape index (κ2) is 6.43. The van der Waals surface area contributed by atoms with Gasteiger partial charge in [-0.2, -0.15) is 0 Å². The van der Waals surface area contributed by atoms with Crippen LogP contribution in [0.2, 0.25) is 0 Å². The van der Waals surface area contributed by atoms with Crippen LogP contribution < -0.4 is 9.47 Å². The SMILES string of the molecule is COc1cccc(COc2ccc(C(=O)O)cc2Br)c1. The molecule has 0 atom stereocenters. The van der Waals surface area contributed by atoms with Gasteiger partial charge in [-0.3, -0.25) is 0 Å². The minimum Gasteiger partial charge on any atom is -0.497 e. The molecule has 104 valence electrons. The monoisotopic (exact) mass is 336 g/mol. The number of benzene rings is 2. The number of hydrogen-bond donors (Lipinski definition) is 1. The van der Waals surface area contributed by atoms with Crippen molar-refractivity contribution in [1.82, 2.24) is 0 Å². The van der Waals surface area contributed by atoms with Crippen LogP contribution in [0.5, 0.6) is 11.5 Å². The molecule has 20 heavy (non-hydrogen) atoms. The maximum absolute atomic E-state index is 10.8. The molecule has 0 bridgehead atoms. The smallest absolute Gasteiger partial charge is 0.335 e. The quantitative estimate of drug-likeness (QED) is 0.903. The first kappa shape index (κ1) is 14.4. The number of carboxylic acids is 1. The van der Waals surface area contributed by atoms with E-state index < -0.39 is 5.97 Å². The Hall–Kier alpha value is -2.01. The Bertz CT molecular complexity index is 625. The largest absolute Gasteiger partial charge is 0.497 e. The standard InChI is InChI=1S/C15H13BrO4/c1-19-12-4-2-3-10(7-12)9-20-14-6-5-11(15(17)18)8-13(14)16/h2-8H,9H2,1H3,(H,17,18). The highest BCUT2D eigenvalue weighted by Crippen LogP contribution is 2.27. The third-order valence-electron chi connectivity index (χ3n) is 2.71. The topological polar surface area (TPSA) is 55.8 Å². The van der Waals surface area contributed by atoms with Crippen LogP contribution in [0.15, 0.2) is 46.9 Å². The van der Waals surface area contributed by atoms with E-state index in [9.17, 15) is 4.79 Å². The summed E-state index contributed by atoms with van der Waals surface area (Å²) in [5.41, 5.74) is 1.18. The van der Waals surface area contributed by atoms with Gasteiger partial charge in [0.25, 0.3) is 0 Å². The number of hydrogen-bond acceptors (Lipinski definition) is 3. The molecule has 0 saturated carbocycles. The number of halogens is 1. The Morgan fingerprint density at radius 2 is 2.05 bits per heavy atom. The molecular formula is C15H13BrO4. The van der Waals surface area contributed by atoms with Crippen molar-refractivity contribution in [2.75, 3.05) is 7.11 Å². The predicted octanol–water partition coefficient (Wildman–Crippen LogP) is 3.73. The molecular weight excluding hydrogens is 324 g/mol. The van der Waals surface area contributed by atoms with Gasteiger partial charge >= 0.3 is 5.97 Å². The van der Waals surface area contributed by atoms with Crippen molar-refractivity contribution in [1.29, 1.82) is 0 Å². The molecule has 0 aliphatic heterocycles. The molecule has 0 aliphatic rings. The van der Waals surface area contributed by atoms with Crippen LogP contribution in [0.25, 0.3) is 0 Å². The van der Waals surface area contributed by atoms with Crippen LogP contribution >= 0.6 is 15.9 Å². The van der Waals surface area contributed by atoms with Gasteiger partial charge in [-0.1, -0.05) is 12.1 Å². The molecule has 2 aromatic rings. The molecule has 0 fully saturated rings. The van der Waals surface area contributed by atoms with Crippen molar-refractivity contribution in [2.45, 2.75) is 6.61 Å². The summed E-state index contributed by atoms with van der Waals surface area (Å²) in [6.07, 6.45) is 0. The fraction of sp³-hybridized carbons (Fsp3) is 0.133. The van der Waals surface area contributed by atoms with Crippen molar-refractivity contribution >= 4 is 21.9 Å². The van der Waals surface area contributed by atoms with Crippen LogP contribution in [0, 0.1) is 0 Å². The third kappa shape index (κ3) is 3.51. The van der Waals surface area contributed by atoms with E-state index >= 15 is 0 Å². The zero-order valence-electron chi connectivity index (χ0n) is 10.8. The molecule has 0 amide bonds. The summed E-state index contributed by atoms with van der Waals surface area (Å²) in [6, 6.07) is 12.2. The van der Waals surface area contributed by atoms with Crippen LogP contribution in [0.4, 0.5) is 0 Å². The van der Waals surface area contributed by atoms with E-state index in [0.717, 1.165) is 11.3 Å². The number of aromatic carboxylic acids is 1. The molecule has 5 heteroatoms. The molecule has 0 radical (unpaired) electrons. The van der Waals surface area contributed by atoms with Crippen LogP contribution in [0.1, 0.15) is 15.9 Å². The fourth-order valence-corrected chi connectivity index (χ4v) is 2.17. The molecule has 1 N–H and O–H groups in total. The van der Waals surface area contributed by atoms with Crippen molar-refractivity contribution < 1.29 is 19.4 Å². The van der Waals surface area contributed by atoms with Gasteiger partial charge in [0.1, 0.15) is 18.1 Å². The maximum atomic E-state index is 10.8. The first-order chi connectivity index (χ1) is 9.60. The highest BCUT2D eigenvalue weighted by Gasteiger charge is 2.08. The maximum Gasteiger partial charge on any atom is 0.335 e. The Kier molecular flexibility index (Phi) is 4.63. The van der Waals surface area contributed by atoms with Crippen molar-refractivity contribution in [3.63, 3.8) is 0 Å². The number of rotatable bonds is 5. The summed E-state index contributed by atoms with van der Waals surface area (Å²) in [4.78, 5) is 10.8. The number of methoxy groups -OCH3 is 1. The Morgan fingerprint density at radius 1 is 1.25 bits per heavy atom. The summed E-state index contributed by atoms with van der Waals surface area (Å²) in [5, 5.41) is 8.89. The number of carbonyl (C=O) groups is 1. The first-order valence-electron chi connectivity index (χ1n) is 5.88. The molecule has 0 aliphatic carbocycles. The second-order valence-electron chi connectivity index (χ2n) is 4.09. The fourth-order valence-electron chi connectivity index (χ4n) is 1.67. The van der Waals surface area contributed by atoms with Crippen LogP contribution in [0.3, 0.4) is 0 Å². The molecule has 2 aromatic carbocycles. The predicted molar refractivity (Wildman–Crippen MR) is 78.4 cm³/mol. The minimum absolute atomic E-state index is 0.214. The Balaban J connectivity index is 2.08. The summed E-state index contributed by atoms with van der Waals surface area (Å²) in [6.45, 7) is 0.377. The van der Waals surface area contributed by atoms with Gasteiger partial charge in [0.2, 0.25) is 0 Å². The van der Waals surface area contributed by atoms with Gasteiger partial charge in [0, 0.05) is 0 Å².